The lowest BCUT2D eigenvalue weighted by Gasteiger charge is -2.02. The van der Waals surface area contributed by atoms with E-state index < -0.39 is 0 Å². The minimum absolute atomic E-state index is 0.722. The van der Waals surface area contributed by atoms with Gasteiger partial charge in [0.1, 0.15) is 0 Å². The number of hydrogen-bond acceptors (Lipinski definition) is 0. The fourth-order valence-corrected chi connectivity index (χ4v) is 1.34. The summed E-state index contributed by atoms with van der Waals surface area (Å²) in [5.41, 5.74) is 0. The molecule has 0 heteroatoms. The fraction of sp³-hybridized carbons (Fsp3) is 0.455. The maximum absolute atomic E-state index is 3.70. The smallest absolute Gasteiger partial charge is 0.00473 e. The van der Waals surface area contributed by atoms with Gasteiger partial charge in [0.05, 0.1) is 0 Å². The highest BCUT2D eigenvalue weighted by Gasteiger charge is 2.01. The maximum atomic E-state index is 3.70. The summed E-state index contributed by atoms with van der Waals surface area (Å²) in [5.74, 6) is 0.722. The van der Waals surface area contributed by atoms with Gasteiger partial charge in [0.25, 0.3) is 0 Å². The van der Waals surface area contributed by atoms with Gasteiger partial charge in [-0.3, -0.25) is 0 Å². The number of rotatable bonds is 5. The molecule has 0 atom stereocenters. The quantitative estimate of drug-likeness (QED) is 0.413. The van der Waals surface area contributed by atoms with Crippen LogP contribution in [0.1, 0.15) is 25.7 Å². The van der Waals surface area contributed by atoms with Crippen LogP contribution >= 0.6 is 0 Å². The zero-order chi connectivity index (χ0) is 7.94. The zero-order valence-corrected chi connectivity index (χ0v) is 7.00. The van der Waals surface area contributed by atoms with Crippen molar-refractivity contribution >= 4 is 0 Å². The molecule has 0 saturated heterocycles. The molecule has 0 spiro atoms. The number of hydrogen-bond donors (Lipinski definition) is 0. The van der Waals surface area contributed by atoms with Crippen LogP contribution in [0.3, 0.4) is 0 Å². The van der Waals surface area contributed by atoms with E-state index in [0.717, 1.165) is 5.92 Å². The van der Waals surface area contributed by atoms with Crippen molar-refractivity contribution in [3.8, 4) is 0 Å². The van der Waals surface area contributed by atoms with Gasteiger partial charge < -0.3 is 0 Å². The van der Waals surface area contributed by atoms with Crippen LogP contribution in [0, 0.1) is 5.92 Å². The Balaban J connectivity index is 1.99. The van der Waals surface area contributed by atoms with Crippen LogP contribution in [0.2, 0.25) is 0 Å². The van der Waals surface area contributed by atoms with Gasteiger partial charge in [-0.15, -0.1) is 6.58 Å². The Hall–Kier alpha value is -0.780. The van der Waals surface area contributed by atoms with Crippen LogP contribution in [0.15, 0.2) is 37.0 Å². The summed E-state index contributed by atoms with van der Waals surface area (Å²) in [5, 5.41) is 0. The molecule has 0 unspecified atom stereocenters. The molecule has 0 heterocycles. The summed E-state index contributed by atoms with van der Waals surface area (Å²) in [6.07, 6.45) is 15.9. The molecule has 1 aliphatic rings. The Morgan fingerprint density at radius 1 is 1.18 bits per heavy atom. The molecule has 0 aromatic carbocycles. The van der Waals surface area contributed by atoms with E-state index in [1.807, 2.05) is 6.08 Å². The van der Waals surface area contributed by atoms with Crippen molar-refractivity contribution in [2.24, 2.45) is 5.92 Å². The molecule has 0 bridgehead atoms. The Morgan fingerprint density at radius 2 is 1.91 bits per heavy atom. The van der Waals surface area contributed by atoms with Gasteiger partial charge in [-0.2, -0.15) is 0 Å². The lowest BCUT2D eigenvalue weighted by Crippen LogP contribution is -1.88. The third-order valence-electron chi connectivity index (χ3n) is 2.02. The third kappa shape index (κ3) is 3.22. The maximum Gasteiger partial charge on any atom is -0.00473 e. The Morgan fingerprint density at radius 3 is 2.55 bits per heavy atom. The monoisotopic (exact) mass is 148 g/mol. The normalized spacial score (nSPS) is 16.0. The van der Waals surface area contributed by atoms with E-state index in [1.165, 1.54) is 25.7 Å². The van der Waals surface area contributed by atoms with Crippen LogP contribution in [-0.2, 0) is 0 Å². The molecule has 1 aliphatic carbocycles. The van der Waals surface area contributed by atoms with Crippen molar-refractivity contribution in [3.05, 3.63) is 37.0 Å². The molecular weight excluding hydrogens is 132 g/mol. The first-order valence-corrected chi connectivity index (χ1v) is 4.39. The van der Waals surface area contributed by atoms with Crippen LogP contribution in [0.25, 0.3) is 0 Å². The van der Waals surface area contributed by atoms with Crippen LogP contribution in [0.5, 0.6) is 0 Å². The topological polar surface area (TPSA) is 0 Å². The molecule has 1 rings (SSSR count). The summed E-state index contributed by atoms with van der Waals surface area (Å²) >= 11 is 0. The van der Waals surface area contributed by atoms with Gasteiger partial charge in [0.2, 0.25) is 0 Å². The first kappa shape index (κ1) is 8.32. The molecule has 0 nitrogen and oxygen atoms in total. The van der Waals surface area contributed by atoms with E-state index in [2.05, 4.69) is 30.9 Å². The average Bonchev–Trinajstić information content (AvgIpc) is 2.50. The highest BCUT2D eigenvalue weighted by Crippen LogP contribution is 2.16. The molecule has 11 heavy (non-hydrogen) atoms. The zero-order valence-electron chi connectivity index (χ0n) is 7.00. The standard InChI is InChI=1S/C11H16/c1-2-3-4-5-8-11-9-6-7-10-11/h2,6-7,9-11H,1,3-5,8H2. The second kappa shape index (κ2) is 4.95. The molecule has 0 saturated carbocycles. The SMILES string of the molecule is C=CCCCCC1C=CC=C1. The molecule has 0 amide bonds. The molecule has 0 aromatic heterocycles. The Bertz CT molecular complexity index is 151. The van der Waals surface area contributed by atoms with E-state index in [0.29, 0.717) is 0 Å². The number of unbranched alkanes of at least 4 members (excludes halogenated alkanes) is 2. The predicted molar refractivity (Wildman–Crippen MR) is 50.4 cm³/mol. The van der Waals surface area contributed by atoms with Crippen molar-refractivity contribution in [2.45, 2.75) is 25.7 Å². The molecule has 0 radical (unpaired) electrons. The minimum atomic E-state index is 0.722. The van der Waals surface area contributed by atoms with Crippen molar-refractivity contribution in [3.63, 3.8) is 0 Å². The largest absolute Gasteiger partial charge is 0.103 e. The molecular formula is C11H16. The van der Waals surface area contributed by atoms with E-state index in [4.69, 9.17) is 0 Å². The van der Waals surface area contributed by atoms with Gasteiger partial charge in [-0.25, -0.2) is 0 Å². The van der Waals surface area contributed by atoms with Crippen molar-refractivity contribution in [1.82, 2.24) is 0 Å². The van der Waals surface area contributed by atoms with Gasteiger partial charge in [0, 0.05) is 0 Å². The molecule has 0 aromatic rings. The van der Waals surface area contributed by atoms with Gasteiger partial charge in [0.15, 0.2) is 0 Å². The lowest BCUT2D eigenvalue weighted by molar-refractivity contribution is 0.628. The molecule has 0 aliphatic heterocycles. The third-order valence-corrected chi connectivity index (χ3v) is 2.02. The molecule has 60 valence electrons. The van der Waals surface area contributed by atoms with Gasteiger partial charge >= 0.3 is 0 Å². The van der Waals surface area contributed by atoms with Gasteiger partial charge in [-0.05, 0) is 25.2 Å². The molecule has 0 fully saturated rings. The second-order valence-electron chi connectivity index (χ2n) is 3.01. The average molecular weight is 148 g/mol. The fourth-order valence-electron chi connectivity index (χ4n) is 1.34. The first-order chi connectivity index (χ1) is 5.43. The summed E-state index contributed by atoms with van der Waals surface area (Å²) in [7, 11) is 0. The van der Waals surface area contributed by atoms with Crippen molar-refractivity contribution < 1.29 is 0 Å². The van der Waals surface area contributed by atoms with E-state index in [9.17, 15) is 0 Å². The highest BCUT2D eigenvalue weighted by atomic mass is 14.1. The minimum Gasteiger partial charge on any atom is -0.103 e. The number of allylic oxidation sites excluding steroid dienone is 5. The van der Waals surface area contributed by atoms with E-state index in [-0.39, 0.29) is 0 Å². The van der Waals surface area contributed by atoms with Crippen molar-refractivity contribution in [2.75, 3.05) is 0 Å². The summed E-state index contributed by atoms with van der Waals surface area (Å²) in [6, 6.07) is 0. The first-order valence-electron chi connectivity index (χ1n) is 4.39. The van der Waals surface area contributed by atoms with Crippen LogP contribution in [0.4, 0.5) is 0 Å². The van der Waals surface area contributed by atoms with Gasteiger partial charge in [-0.1, -0.05) is 36.8 Å². The van der Waals surface area contributed by atoms with Crippen LogP contribution in [-0.4, -0.2) is 0 Å². The Labute approximate surface area is 69.3 Å². The Kier molecular flexibility index (Phi) is 3.74. The summed E-state index contributed by atoms with van der Waals surface area (Å²) in [6.45, 7) is 3.70. The second-order valence-corrected chi connectivity index (χ2v) is 3.01. The van der Waals surface area contributed by atoms with Crippen LogP contribution < -0.4 is 0 Å². The molecule has 0 N–H and O–H groups in total. The summed E-state index contributed by atoms with van der Waals surface area (Å²) < 4.78 is 0. The lowest BCUT2D eigenvalue weighted by atomic mass is 10.0. The van der Waals surface area contributed by atoms with E-state index >= 15 is 0 Å². The van der Waals surface area contributed by atoms with E-state index in [1.54, 1.807) is 0 Å². The predicted octanol–water partition coefficient (Wildman–Crippen LogP) is 3.48. The summed E-state index contributed by atoms with van der Waals surface area (Å²) in [4.78, 5) is 0. The highest BCUT2D eigenvalue weighted by molar-refractivity contribution is 5.17. The van der Waals surface area contributed by atoms with Crippen molar-refractivity contribution in [1.29, 1.82) is 0 Å².